The molecule has 0 spiro atoms. The molecule has 2 rings (SSSR count). The monoisotopic (exact) mass is 248 g/mol. The van der Waals surface area contributed by atoms with E-state index in [2.05, 4.69) is 0 Å². The van der Waals surface area contributed by atoms with Crippen LogP contribution in [0.4, 0.5) is 0 Å². The van der Waals surface area contributed by atoms with E-state index < -0.39 is 0 Å². The van der Waals surface area contributed by atoms with Crippen molar-refractivity contribution in [1.29, 1.82) is 0 Å². The standard InChI is InChI=1S/C14H16O4/c1-10(9-18-11(2)15)7-12-3-4-13-14(8-12)17-6-5-16-13/h3-4,8-9H,5-7H2,1-2H3/b10-9-. The minimum Gasteiger partial charge on any atom is -0.486 e. The SMILES string of the molecule is CC(=O)O/C=C(/C)Cc1ccc2c(c1)OCCO2. The van der Waals surface area contributed by atoms with Crippen LogP contribution in [-0.2, 0) is 16.0 Å². The van der Waals surface area contributed by atoms with Crippen LogP contribution in [0.5, 0.6) is 11.5 Å². The quantitative estimate of drug-likeness (QED) is 0.609. The van der Waals surface area contributed by atoms with Gasteiger partial charge in [-0.1, -0.05) is 6.07 Å². The molecule has 1 aromatic rings. The third-order valence-corrected chi connectivity index (χ3v) is 2.52. The van der Waals surface area contributed by atoms with Gasteiger partial charge in [-0.25, -0.2) is 0 Å². The molecule has 1 aliphatic rings. The fourth-order valence-corrected chi connectivity index (χ4v) is 1.74. The highest BCUT2D eigenvalue weighted by Gasteiger charge is 2.11. The third kappa shape index (κ3) is 3.26. The molecule has 1 aliphatic heterocycles. The van der Waals surface area contributed by atoms with Gasteiger partial charge in [0.15, 0.2) is 11.5 Å². The van der Waals surface area contributed by atoms with Gasteiger partial charge in [-0.3, -0.25) is 4.79 Å². The lowest BCUT2D eigenvalue weighted by atomic mass is 10.1. The molecule has 0 amide bonds. The van der Waals surface area contributed by atoms with Crippen LogP contribution in [0.2, 0.25) is 0 Å². The van der Waals surface area contributed by atoms with Crippen LogP contribution < -0.4 is 9.47 Å². The minimum absolute atomic E-state index is 0.309. The summed E-state index contributed by atoms with van der Waals surface area (Å²) in [5, 5.41) is 0. The first-order chi connectivity index (χ1) is 8.65. The number of benzene rings is 1. The average Bonchev–Trinajstić information content (AvgIpc) is 2.36. The Balaban J connectivity index is 2.05. The number of carbonyl (C=O) groups is 1. The molecule has 0 unspecified atom stereocenters. The van der Waals surface area contributed by atoms with E-state index in [-0.39, 0.29) is 5.97 Å². The number of hydrogen-bond acceptors (Lipinski definition) is 4. The Hall–Kier alpha value is -1.97. The van der Waals surface area contributed by atoms with Crippen LogP contribution in [-0.4, -0.2) is 19.2 Å². The van der Waals surface area contributed by atoms with E-state index in [9.17, 15) is 4.79 Å². The van der Waals surface area contributed by atoms with Gasteiger partial charge < -0.3 is 14.2 Å². The second kappa shape index (κ2) is 5.58. The highest BCUT2D eigenvalue weighted by Crippen LogP contribution is 2.31. The highest BCUT2D eigenvalue weighted by atomic mass is 16.6. The zero-order chi connectivity index (χ0) is 13.0. The van der Waals surface area contributed by atoms with Crippen LogP contribution in [0.15, 0.2) is 30.0 Å². The summed E-state index contributed by atoms with van der Waals surface area (Å²) in [6.07, 6.45) is 2.20. The molecule has 1 aromatic carbocycles. The maximum absolute atomic E-state index is 10.7. The lowest BCUT2D eigenvalue weighted by Crippen LogP contribution is -2.15. The molecule has 0 atom stereocenters. The van der Waals surface area contributed by atoms with Gasteiger partial charge in [-0.2, -0.15) is 0 Å². The summed E-state index contributed by atoms with van der Waals surface area (Å²) in [5.41, 5.74) is 2.07. The average molecular weight is 248 g/mol. The van der Waals surface area contributed by atoms with Crippen LogP contribution in [0.25, 0.3) is 0 Å². The molecule has 0 fully saturated rings. The summed E-state index contributed by atoms with van der Waals surface area (Å²) in [6, 6.07) is 5.85. The van der Waals surface area contributed by atoms with Crippen molar-refractivity contribution in [2.45, 2.75) is 20.3 Å². The smallest absolute Gasteiger partial charge is 0.307 e. The van der Waals surface area contributed by atoms with Crippen LogP contribution >= 0.6 is 0 Å². The molecule has 4 heteroatoms. The summed E-state index contributed by atoms with van der Waals surface area (Å²) in [5.74, 6) is 1.25. The molecule has 0 saturated heterocycles. The van der Waals surface area contributed by atoms with Gasteiger partial charge in [0.2, 0.25) is 0 Å². The van der Waals surface area contributed by atoms with Gasteiger partial charge in [0.25, 0.3) is 0 Å². The topological polar surface area (TPSA) is 44.8 Å². The first kappa shape index (κ1) is 12.5. The van der Waals surface area contributed by atoms with Gasteiger partial charge in [0.1, 0.15) is 13.2 Å². The van der Waals surface area contributed by atoms with Crippen molar-refractivity contribution in [3.8, 4) is 11.5 Å². The summed E-state index contributed by atoms with van der Waals surface area (Å²) < 4.78 is 15.8. The van der Waals surface area contributed by atoms with Gasteiger partial charge in [-0.05, 0) is 36.6 Å². The predicted molar refractivity (Wildman–Crippen MR) is 66.7 cm³/mol. The number of esters is 1. The van der Waals surface area contributed by atoms with Crippen molar-refractivity contribution < 1.29 is 19.0 Å². The zero-order valence-electron chi connectivity index (χ0n) is 10.6. The summed E-state index contributed by atoms with van der Waals surface area (Å²) in [4.78, 5) is 10.7. The molecule has 18 heavy (non-hydrogen) atoms. The van der Waals surface area contributed by atoms with Crippen molar-refractivity contribution in [3.63, 3.8) is 0 Å². The number of allylic oxidation sites excluding steroid dienone is 1. The summed E-state index contributed by atoms with van der Waals surface area (Å²) >= 11 is 0. The fourth-order valence-electron chi connectivity index (χ4n) is 1.74. The fraction of sp³-hybridized carbons (Fsp3) is 0.357. The first-order valence-electron chi connectivity index (χ1n) is 5.86. The highest BCUT2D eigenvalue weighted by molar-refractivity contribution is 5.66. The Kier molecular flexibility index (Phi) is 3.87. The Morgan fingerprint density at radius 3 is 2.72 bits per heavy atom. The van der Waals surface area contributed by atoms with E-state index in [1.165, 1.54) is 13.2 Å². The van der Waals surface area contributed by atoms with Crippen molar-refractivity contribution in [3.05, 3.63) is 35.6 Å². The Labute approximate surface area is 106 Å². The number of rotatable bonds is 3. The van der Waals surface area contributed by atoms with Crippen molar-refractivity contribution in [2.75, 3.05) is 13.2 Å². The molecule has 0 saturated carbocycles. The molecule has 96 valence electrons. The minimum atomic E-state index is -0.309. The van der Waals surface area contributed by atoms with Crippen molar-refractivity contribution >= 4 is 5.97 Å². The van der Waals surface area contributed by atoms with E-state index in [1.807, 2.05) is 25.1 Å². The van der Waals surface area contributed by atoms with Crippen molar-refractivity contribution in [2.24, 2.45) is 0 Å². The van der Waals surface area contributed by atoms with E-state index in [4.69, 9.17) is 14.2 Å². The van der Waals surface area contributed by atoms with Gasteiger partial charge in [0, 0.05) is 6.92 Å². The van der Waals surface area contributed by atoms with Crippen molar-refractivity contribution in [1.82, 2.24) is 0 Å². The molecule has 0 N–H and O–H groups in total. The van der Waals surface area contributed by atoms with Gasteiger partial charge in [0.05, 0.1) is 6.26 Å². The molecule has 0 aliphatic carbocycles. The third-order valence-electron chi connectivity index (χ3n) is 2.52. The largest absolute Gasteiger partial charge is 0.486 e. The lowest BCUT2D eigenvalue weighted by Gasteiger charge is -2.18. The molecule has 0 radical (unpaired) electrons. The Morgan fingerprint density at radius 1 is 1.28 bits per heavy atom. The van der Waals surface area contributed by atoms with E-state index in [0.29, 0.717) is 19.6 Å². The van der Waals surface area contributed by atoms with Gasteiger partial charge in [-0.15, -0.1) is 0 Å². The molecular weight excluding hydrogens is 232 g/mol. The second-order valence-corrected chi connectivity index (χ2v) is 4.23. The molecule has 0 bridgehead atoms. The number of carbonyl (C=O) groups excluding carboxylic acids is 1. The van der Waals surface area contributed by atoms with E-state index in [1.54, 1.807) is 0 Å². The van der Waals surface area contributed by atoms with Crippen LogP contribution in [0.3, 0.4) is 0 Å². The normalized spacial score (nSPS) is 14.2. The maximum atomic E-state index is 10.7. The molecular formula is C14H16O4. The second-order valence-electron chi connectivity index (χ2n) is 4.23. The van der Waals surface area contributed by atoms with E-state index in [0.717, 1.165) is 22.6 Å². The molecule has 0 aromatic heterocycles. The first-order valence-corrected chi connectivity index (χ1v) is 5.86. The molecule has 4 nitrogen and oxygen atoms in total. The number of fused-ring (bicyclic) bond motifs is 1. The zero-order valence-corrected chi connectivity index (χ0v) is 10.6. The summed E-state index contributed by atoms with van der Waals surface area (Å²) in [7, 11) is 0. The van der Waals surface area contributed by atoms with Crippen LogP contribution in [0.1, 0.15) is 19.4 Å². The number of ether oxygens (including phenoxy) is 3. The molecule has 1 heterocycles. The maximum Gasteiger partial charge on any atom is 0.307 e. The number of hydrogen-bond donors (Lipinski definition) is 0. The Bertz CT molecular complexity index is 477. The van der Waals surface area contributed by atoms with Crippen LogP contribution in [0, 0.1) is 0 Å². The lowest BCUT2D eigenvalue weighted by molar-refractivity contribution is -0.135. The van der Waals surface area contributed by atoms with Gasteiger partial charge >= 0.3 is 5.97 Å². The predicted octanol–water partition coefficient (Wildman–Crippen LogP) is 2.47. The van der Waals surface area contributed by atoms with E-state index >= 15 is 0 Å². The summed E-state index contributed by atoms with van der Waals surface area (Å²) in [6.45, 7) is 4.48. The Morgan fingerprint density at radius 2 is 2.00 bits per heavy atom.